The lowest BCUT2D eigenvalue weighted by Crippen LogP contribution is -2.60. The van der Waals surface area contributed by atoms with Gasteiger partial charge in [0.15, 0.2) is 0 Å². The minimum absolute atomic E-state index is 0.129. The van der Waals surface area contributed by atoms with Crippen molar-refractivity contribution in [3.8, 4) is 0 Å². The van der Waals surface area contributed by atoms with Crippen LogP contribution in [0.5, 0.6) is 0 Å². The van der Waals surface area contributed by atoms with E-state index in [0.717, 1.165) is 45.0 Å². The molecule has 0 amide bonds. The quantitative estimate of drug-likeness (QED) is 0.846. The van der Waals surface area contributed by atoms with E-state index in [9.17, 15) is 0 Å². The van der Waals surface area contributed by atoms with Crippen molar-refractivity contribution in [2.24, 2.45) is 7.05 Å². The molecular formula is C15H28N4O. The third kappa shape index (κ3) is 3.40. The molecule has 114 valence electrons. The number of nitrogens with one attached hydrogen (secondary N) is 1. The molecule has 5 nitrogen and oxygen atoms in total. The average molecular weight is 280 g/mol. The summed E-state index contributed by atoms with van der Waals surface area (Å²) in [6.45, 7) is 8.40. The van der Waals surface area contributed by atoms with Crippen LogP contribution < -0.4 is 5.32 Å². The Kier molecular flexibility index (Phi) is 5.18. The molecule has 1 aliphatic rings. The highest BCUT2D eigenvalue weighted by Crippen LogP contribution is 2.23. The van der Waals surface area contributed by atoms with Crippen LogP contribution in [0.4, 0.5) is 0 Å². The lowest BCUT2D eigenvalue weighted by atomic mass is 9.88. The first-order valence-electron chi connectivity index (χ1n) is 7.52. The summed E-state index contributed by atoms with van der Waals surface area (Å²) in [5, 5.41) is 3.50. The van der Waals surface area contributed by atoms with Gasteiger partial charge in [-0.25, -0.2) is 4.98 Å². The SMILES string of the molecule is CNC(CCc1nccn1C)C(C)(C)N1CCOCC1. The molecule has 0 radical (unpaired) electrons. The van der Waals surface area contributed by atoms with Crippen LogP contribution in [-0.2, 0) is 18.2 Å². The van der Waals surface area contributed by atoms with E-state index in [2.05, 4.69) is 47.7 Å². The van der Waals surface area contributed by atoms with E-state index < -0.39 is 0 Å². The summed E-state index contributed by atoms with van der Waals surface area (Å²) in [6.07, 6.45) is 5.97. The highest BCUT2D eigenvalue weighted by atomic mass is 16.5. The van der Waals surface area contributed by atoms with E-state index in [4.69, 9.17) is 4.74 Å². The first kappa shape index (κ1) is 15.5. The van der Waals surface area contributed by atoms with Crippen LogP contribution in [0.3, 0.4) is 0 Å². The molecule has 2 heterocycles. The van der Waals surface area contributed by atoms with Crippen LogP contribution in [-0.4, -0.2) is 59.4 Å². The Hall–Kier alpha value is -0.910. The van der Waals surface area contributed by atoms with Crippen molar-refractivity contribution in [3.05, 3.63) is 18.2 Å². The third-order valence-corrected chi connectivity index (χ3v) is 4.60. The van der Waals surface area contributed by atoms with Crippen LogP contribution in [0.2, 0.25) is 0 Å². The molecular weight excluding hydrogens is 252 g/mol. The number of ether oxygens (including phenoxy) is 1. The number of hydrogen-bond donors (Lipinski definition) is 1. The molecule has 1 saturated heterocycles. The Morgan fingerprint density at radius 1 is 1.40 bits per heavy atom. The zero-order valence-corrected chi connectivity index (χ0v) is 13.2. The lowest BCUT2D eigenvalue weighted by Gasteiger charge is -2.45. The molecule has 2 rings (SSSR count). The maximum Gasteiger partial charge on any atom is 0.108 e. The molecule has 0 spiro atoms. The first-order chi connectivity index (χ1) is 9.55. The summed E-state index contributed by atoms with van der Waals surface area (Å²) in [4.78, 5) is 6.96. The Morgan fingerprint density at radius 3 is 2.65 bits per heavy atom. The standard InChI is InChI=1S/C15H28N4O/c1-15(2,19-9-11-20-12-10-19)13(16-3)5-6-14-17-7-8-18(14)4/h7-8,13,16H,5-6,9-12H2,1-4H3. The monoisotopic (exact) mass is 280 g/mol. The predicted molar refractivity (Wildman–Crippen MR) is 80.8 cm³/mol. The van der Waals surface area contributed by atoms with Gasteiger partial charge < -0.3 is 14.6 Å². The molecule has 1 fully saturated rings. The van der Waals surface area contributed by atoms with E-state index in [1.165, 1.54) is 0 Å². The second-order valence-corrected chi connectivity index (χ2v) is 6.09. The molecule has 0 aromatic carbocycles. The second kappa shape index (κ2) is 6.70. The minimum atomic E-state index is 0.129. The number of aryl methyl sites for hydroxylation is 2. The smallest absolute Gasteiger partial charge is 0.108 e. The van der Waals surface area contributed by atoms with Gasteiger partial charge in [-0.15, -0.1) is 0 Å². The Balaban J connectivity index is 1.97. The molecule has 1 atom stereocenters. The van der Waals surface area contributed by atoms with Crippen molar-refractivity contribution in [1.29, 1.82) is 0 Å². The predicted octanol–water partition coefficient (Wildman–Crippen LogP) is 1.05. The van der Waals surface area contributed by atoms with Gasteiger partial charge in [0.1, 0.15) is 5.82 Å². The fraction of sp³-hybridized carbons (Fsp3) is 0.800. The average Bonchev–Trinajstić information content (AvgIpc) is 2.86. The summed E-state index contributed by atoms with van der Waals surface area (Å²) >= 11 is 0. The molecule has 5 heteroatoms. The third-order valence-electron chi connectivity index (χ3n) is 4.60. The molecule has 1 N–H and O–H groups in total. The largest absolute Gasteiger partial charge is 0.379 e. The van der Waals surface area contributed by atoms with Gasteiger partial charge in [-0.05, 0) is 27.3 Å². The molecule has 0 saturated carbocycles. The van der Waals surface area contributed by atoms with Crippen LogP contribution in [0, 0.1) is 0 Å². The normalized spacial score (nSPS) is 19.2. The molecule has 1 unspecified atom stereocenters. The molecule has 0 aliphatic carbocycles. The number of nitrogens with zero attached hydrogens (tertiary/aromatic N) is 3. The van der Waals surface area contributed by atoms with E-state index >= 15 is 0 Å². The van der Waals surface area contributed by atoms with Crippen LogP contribution in [0.15, 0.2) is 12.4 Å². The van der Waals surface area contributed by atoms with Crippen LogP contribution in [0.25, 0.3) is 0 Å². The number of imidazole rings is 1. The van der Waals surface area contributed by atoms with Gasteiger partial charge in [-0.1, -0.05) is 0 Å². The van der Waals surface area contributed by atoms with Crippen molar-refractivity contribution in [3.63, 3.8) is 0 Å². The molecule has 1 aromatic heterocycles. The van der Waals surface area contributed by atoms with Gasteiger partial charge in [-0.3, -0.25) is 4.90 Å². The number of hydrogen-bond acceptors (Lipinski definition) is 4. The summed E-state index contributed by atoms with van der Waals surface area (Å²) in [7, 11) is 4.12. The van der Waals surface area contributed by atoms with Crippen LogP contribution >= 0.6 is 0 Å². The molecule has 1 aromatic rings. The number of rotatable bonds is 6. The summed E-state index contributed by atoms with van der Waals surface area (Å²) < 4.78 is 7.57. The maximum atomic E-state index is 5.47. The van der Waals surface area contributed by atoms with Gasteiger partial charge in [0, 0.05) is 50.5 Å². The van der Waals surface area contributed by atoms with Crippen molar-refractivity contribution in [2.45, 2.75) is 38.3 Å². The second-order valence-electron chi connectivity index (χ2n) is 6.09. The van der Waals surface area contributed by atoms with Crippen molar-refractivity contribution < 1.29 is 4.74 Å². The Morgan fingerprint density at radius 2 is 2.10 bits per heavy atom. The van der Waals surface area contributed by atoms with Gasteiger partial charge in [0.2, 0.25) is 0 Å². The van der Waals surface area contributed by atoms with E-state index in [1.807, 2.05) is 12.4 Å². The highest BCUT2D eigenvalue weighted by Gasteiger charge is 2.35. The molecule has 1 aliphatic heterocycles. The van der Waals surface area contributed by atoms with Crippen molar-refractivity contribution >= 4 is 0 Å². The van der Waals surface area contributed by atoms with E-state index in [0.29, 0.717) is 6.04 Å². The minimum Gasteiger partial charge on any atom is -0.379 e. The summed E-state index contributed by atoms with van der Waals surface area (Å²) in [5.41, 5.74) is 0.129. The first-order valence-corrected chi connectivity index (χ1v) is 7.52. The van der Waals surface area contributed by atoms with Gasteiger partial charge in [0.25, 0.3) is 0 Å². The molecule has 0 bridgehead atoms. The highest BCUT2D eigenvalue weighted by molar-refractivity contribution is 4.98. The molecule has 20 heavy (non-hydrogen) atoms. The zero-order valence-electron chi connectivity index (χ0n) is 13.2. The number of morpholine rings is 1. The number of aromatic nitrogens is 2. The zero-order chi connectivity index (χ0) is 14.6. The summed E-state index contributed by atoms with van der Waals surface area (Å²) in [6, 6.07) is 0.442. The number of likely N-dealkylation sites (N-methyl/N-ethyl adjacent to an activating group) is 1. The Labute approximate surface area is 122 Å². The maximum absolute atomic E-state index is 5.47. The van der Waals surface area contributed by atoms with Gasteiger partial charge in [-0.2, -0.15) is 0 Å². The van der Waals surface area contributed by atoms with Gasteiger partial charge >= 0.3 is 0 Å². The van der Waals surface area contributed by atoms with E-state index in [1.54, 1.807) is 0 Å². The van der Waals surface area contributed by atoms with Crippen molar-refractivity contribution in [2.75, 3.05) is 33.4 Å². The summed E-state index contributed by atoms with van der Waals surface area (Å²) in [5.74, 6) is 1.16. The fourth-order valence-electron chi connectivity index (χ4n) is 3.12. The van der Waals surface area contributed by atoms with E-state index in [-0.39, 0.29) is 5.54 Å². The van der Waals surface area contributed by atoms with Crippen molar-refractivity contribution in [1.82, 2.24) is 19.8 Å². The Bertz CT molecular complexity index is 410. The topological polar surface area (TPSA) is 42.3 Å². The van der Waals surface area contributed by atoms with Crippen LogP contribution in [0.1, 0.15) is 26.1 Å². The lowest BCUT2D eigenvalue weighted by molar-refractivity contribution is -0.0234. The fourth-order valence-corrected chi connectivity index (χ4v) is 3.12. The van der Waals surface area contributed by atoms with Gasteiger partial charge in [0.05, 0.1) is 13.2 Å².